The highest BCUT2D eigenvalue weighted by Crippen LogP contribution is 2.23. The fourth-order valence-electron chi connectivity index (χ4n) is 3.34. The van der Waals surface area contributed by atoms with Crippen LogP contribution >= 0.6 is 11.3 Å². The average molecular weight is 369 g/mol. The van der Waals surface area contributed by atoms with Gasteiger partial charge in [-0.1, -0.05) is 42.5 Å². The zero-order valence-electron chi connectivity index (χ0n) is 14.8. The van der Waals surface area contributed by atoms with Gasteiger partial charge in [-0.2, -0.15) is 0 Å². The van der Waals surface area contributed by atoms with Gasteiger partial charge >= 0.3 is 0 Å². The van der Waals surface area contributed by atoms with Crippen LogP contribution in [0.5, 0.6) is 0 Å². The van der Waals surface area contributed by atoms with Crippen molar-refractivity contribution in [3.05, 3.63) is 70.9 Å². The van der Waals surface area contributed by atoms with Crippen LogP contribution in [0.25, 0.3) is 0 Å². The first-order valence-electron chi connectivity index (χ1n) is 8.95. The summed E-state index contributed by atoms with van der Waals surface area (Å²) < 4.78 is 0. The van der Waals surface area contributed by atoms with E-state index in [1.54, 1.807) is 6.08 Å². The number of rotatable bonds is 6. The number of carbonyl (C=O) groups is 2. The molecule has 26 heavy (non-hydrogen) atoms. The Morgan fingerprint density at radius 2 is 1.88 bits per heavy atom. The predicted octanol–water partition coefficient (Wildman–Crippen LogP) is 3.82. The zero-order chi connectivity index (χ0) is 18.4. The van der Waals surface area contributed by atoms with Gasteiger partial charge in [0.25, 0.3) is 5.91 Å². The van der Waals surface area contributed by atoms with Crippen molar-refractivity contribution in [2.45, 2.75) is 19.4 Å². The first-order chi connectivity index (χ1) is 12.7. The van der Waals surface area contributed by atoms with E-state index in [1.165, 1.54) is 11.3 Å². The summed E-state index contributed by atoms with van der Waals surface area (Å²) in [4.78, 5) is 29.9. The van der Waals surface area contributed by atoms with Gasteiger partial charge < -0.3 is 9.80 Å². The standard InChI is InChI=1S/C21H24N2O2S/c1-2-12-23(16-17-7-4-3-5-8-17)20(24)18-10-13-22(14-11-18)21(25)19-9-6-15-26-19/h2-9,15,18H,1,10-14,16H2. The summed E-state index contributed by atoms with van der Waals surface area (Å²) in [5.41, 5.74) is 1.12. The van der Waals surface area contributed by atoms with Crippen LogP contribution in [-0.2, 0) is 11.3 Å². The van der Waals surface area contributed by atoms with Gasteiger partial charge in [-0.25, -0.2) is 0 Å². The molecule has 2 amide bonds. The molecule has 1 aromatic carbocycles. The Morgan fingerprint density at radius 1 is 1.15 bits per heavy atom. The fraction of sp³-hybridized carbons (Fsp3) is 0.333. The molecule has 136 valence electrons. The van der Waals surface area contributed by atoms with Crippen molar-refractivity contribution in [2.75, 3.05) is 19.6 Å². The second kappa shape index (κ2) is 8.81. The molecule has 0 N–H and O–H groups in total. The van der Waals surface area contributed by atoms with Gasteiger partial charge in [0.2, 0.25) is 5.91 Å². The van der Waals surface area contributed by atoms with Crippen molar-refractivity contribution in [1.29, 1.82) is 0 Å². The quantitative estimate of drug-likeness (QED) is 0.728. The largest absolute Gasteiger partial charge is 0.338 e. The number of thiophene rings is 1. The van der Waals surface area contributed by atoms with Crippen LogP contribution in [0.2, 0.25) is 0 Å². The molecule has 0 radical (unpaired) electrons. The van der Waals surface area contributed by atoms with Gasteiger partial charge in [0.1, 0.15) is 0 Å². The van der Waals surface area contributed by atoms with Gasteiger partial charge in [0.05, 0.1) is 4.88 Å². The number of piperidine rings is 1. The molecular weight excluding hydrogens is 344 g/mol. The summed E-state index contributed by atoms with van der Waals surface area (Å²) in [6.07, 6.45) is 3.22. The highest BCUT2D eigenvalue weighted by molar-refractivity contribution is 7.12. The van der Waals surface area contributed by atoms with Crippen LogP contribution in [0.3, 0.4) is 0 Å². The Balaban J connectivity index is 1.59. The summed E-state index contributed by atoms with van der Waals surface area (Å²) >= 11 is 1.47. The van der Waals surface area contributed by atoms with Crippen LogP contribution in [0.4, 0.5) is 0 Å². The Bertz CT molecular complexity index is 735. The van der Waals surface area contributed by atoms with Crippen LogP contribution in [0, 0.1) is 5.92 Å². The molecule has 0 unspecified atom stereocenters. The zero-order valence-corrected chi connectivity index (χ0v) is 15.7. The third-order valence-electron chi connectivity index (χ3n) is 4.74. The molecule has 1 aliphatic rings. The van der Waals surface area contributed by atoms with Crippen LogP contribution in [-0.4, -0.2) is 41.2 Å². The van der Waals surface area contributed by atoms with E-state index in [1.807, 2.05) is 57.6 Å². The molecule has 4 nitrogen and oxygen atoms in total. The highest BCUT2D eigenvalue weighted by atomic mass is 32.1. The highest BCUT2D eigenvalue weighted by Gasteiger charge is 2.30. The minimum Gasteiger partial charge on any atom is -0.338 e. The minimum atomic E-state index is -0.0222. The molecule has 0 saturated carbocycles. The van der Waals surface area contributed by atoms with Crippen molar-refractivity contribution < 1.29 is 9.59 Å². The lowest BCUT2D eigenvalue weighted by atomic mass is 9.94. The third-order valence-corrected chi connectivity index (χ3v) is 5.60. The number of nitrogens with zero attached hydrogens (tertiary/aromatic N) is 2. The number of amides is 2. The van der Waals surface area contributed by atoms with Crippen LogP contribution in [0.15, 0.2) is 60.5 Å². The van der Waals surface area contributed by atoms with E-state index in [9.17, 15) is 9.59 Å². The summed E-state index contributed by atoms with van der Waals surface area (Å²) in [7, 11) is 0. The molecule has 1 aliphatic heterocycles. The maximum atomic E-state index is 13.0. The molecule has 3 rings (SSSR count). The summed E-state index contributed by atoms with van der Waals surface area (Å²) in [6.45, 7) is 6.21. The molecular formula is C21H24N2O2S. The summed E-state index contributed by atoms with van der Waals surface area (Å²) in [5, 5.41) is 1.92. The minimum absolute atomic E-state index is 0.0222. The molecule has 1 aromatic heterocycles. The Morgan fingerprint density at radius 3 is 2.50 bits per heavy atom. The van der Waals surface area contributed by atoms with Crippen molar-refractivity contribution >= 4 is 23.2 Å². The molecule has 0 spiro atoms. The van der Waals surface area contributed by atoms with E-state index in [-0.39, 0.29) is 17.7 Å². The summed E-state index contributed by atoms with van der Waals surface area (Å²) in [6, 6.07) is 13.8. The van der Waals surface area contributed by atoms with Crippen molar-refractivity contribution in [2.24, 2.45) is 5.92 Å². The average Bonchev–Trinajstić information content (AvgIpc) is 3.22. The topological polar surface area (TPSA) is 40.6 Å². The Hall–Kier alpha value is -2.40. The lowest BCUT2D eigenvalue weighted by Gasteiger charge is -2.34. The molecule has 0 bridgehead atoms. The van der Waals surface area contributed by atoms with E-state index in [0.29, 0.717) is 26.2 Å². The van der Waals surface area contributed by atoms with Gasteiger partial charge in [-0.15, -0.1) is 17.9 Å². The number of likely N-dealkylation sites (tertiary alicyclic amines) is 1. The number of hydrogen-bond donors (Lipinski definition) is 0. The SMILES string of the molecule is C=CCN(Cc1ccccc1)C(=O)C1CCN(C(=O)c2cccs2)CC1. The van der Waals surface area contributed by atoms with E-state index in [0.717, 1.165) is 23.3 Å². The molecule has 1 fully saturated rings. The molecule has 0 atom stereocenters. The third kappa shape index (κ3) is 4.41. The predicted molar refractivity (Wildman–Crippen MR) is 105 cm³/mol. The van der Waals surface area contributed by atoms with Gasteiger partial charge in [0, 0.05) is 32.1 Å². The lowest BCUT2D eigenvalue weighted by molar-refractivity contribution is -0.137. The number of carbonyl (C=O) groups excluding carboxylic acids is 2. The second-order valence-electron chi connectivity index (χ2n) is 6.54. The Kier molecular flexibility index (Phi) is 6.23. The molecule has 5 heteroatoms. The maximum Gasteiger partial charge on any atom is 0.263 e. The smallest absolute Gasteiger partial charge is 0.263 e. The van der Waals surface area contributed by atoms with Crippen LogP contribution in [0.1, 0.15) is 28.1 Å². The molecule has 1 saturated heterocycles. The molecule has 0 aliphatic carbocycles. The first kappa shape index (κ1) is 18.4. The first-order valence-corrected chi connectivity index (χ1v) is 9.83. The van der Waals surface area contributed by atoms with E-state index >= 15 is 0 Å². The molecule has 2 aromatic rings. The van der Waals surface area contributed by atoms with Crippen LogP contribution < -0.4 is 0 Å². The lowest BCUT2D eigenvalue weighted by Crippen LogP contribution is -2.44. The monoisotopic (exact) mass is 368 g/mol. The van der Waals surface area contributed by atoms with Crippen molar-refractivity contribution in [3.8, 4) is 0 Å². The number of benzene rings is 1. The van der Waals surface area contributed by atoms with Gasteiger partial charge in [0.15, 0.2) is 0 Å². The second-order valence-corrected chi connectivity index (χ2v) is 7.48. The van der Waals surface area contributed by atoms with Gasteiger partial charge in [-0.05, 0) is 29.9 Å². The van der Waals surface area contributed by atoms with Gasteiger partial charge in [-0.3, -0.25) is 9.59 Å². The van der Waals surface area contributed by atoms with Crippen molar-refractivity contribution in [3.63, 3.8) is 0 Å². The molecule has 2 heterocycles. The Labute approximate surface area is 158 Å². The van der Waals surface area contributed by atoms with E-state index in [4.69, 9.17) is 0 Å². The fourth-order valence-corrected chi connectivity index (χ4v) is 4.03. The van der Waals surface area contributed by atoms with E-state index < -0.39 is 0 Å². The summed E-state index contributed by atoms with van der Waals surface area (Å²) in [5.74, 6) is 0.223. The van der Waals surface area contributed by atoms with Crippen molar-refractivity contribution in [1.82, 2.24) is 9.80 Å². The normalized spacial score (nSPS) is 14.8. The number of hydrogen-bond acceptors (Lipinski definition) is 3. The maximum absolute atomic E-state index is 13.0. The van der Waals surface area contributed by atoms with E-state index in [2.05, 4.69) is 6.58 Å².